The summed E-state index contributed by atoms with van der Waals surface area (Å²) in [6, 6.07) is 12.4. The Bertz CT molecular complexity index is 2580. The van der Waals surface area contributed by atoms with Gasteiger partial charge in [0.15, 0.2) is 18.4 Å². The first-order valence-electron chi connectivity index (χ1n) is 24.8. The number of nitrogens with zero attached hydrogens (tertiary/aromatic N) is 9. The second-order valence-corrected chi connectivity index (χ2v) is 21.3. The number of rotatable bonds is 13. The predicted octanol–water partition coefficient (Wildman–Crippen LogP) is 9.29. The maximum atomic E-state index is 17.7. The number of fused-ring (bicyclic) bond motifs is 4. The third-order valence-electron chi connectivity index (χ3n) is 15.3. The molecule has 14 nitrogen and oxygen atoms in total. The lowest BCUT2D eigenvalue weighted by Gasteiger charge is -2.48. The molecule has 358 valence electrons. The van der Waals surface area contributed by atoms with Gasteiger partial charge in [0, 0.05) is 76.2 Å². The van der Waals surface area contributed by atoms with Crippen molar-refractivity contribution in [2.45, 2.75) is 117 Å². The number of hydrogen-bond acceptors (Lipinski definition) is 13. The van der Waals surface area contributed by atoms with Crippen LogP contribution in [0.5, 0.6) is 5.75 Å². The standard InChI is InChI=1S/C52H68FN9O5/c1-9-35-11-10-12-36-20-40(65-30-64-8)21-41(45(35)36)47-46(53)48-42(23-54-47)49(60-26-37-13-14-38(27-60)62(37)51(63)66-52(5,6)7)56-50(55-48)61-28-39(29-61)58-17-15-33(16-18-58)19-34-24-59(25-34)44-22-43(67-57-44)32(4)31(2)3/h10-12,20-23,31-34,37-39H,9,13-19,24-30H2,1-8H3. The number of carbonyl (C=O) groups is 1. The van der Waals surface area contributed by atoms with Crippen LogP contribution in [0, 0.1) is 23.6 Å². The Labute approximate surface area is 394 Å². The number of anilines is 3. The van der Waals surface area contributed by atoms with E-state index < -0.39 is 11.4 Å². The lowest BCUT2D eigenvalue weighted by Crippen LogP contribution is -2.61. The molecule has 0 radical (unpaired) electrons. The molecule has 5 fully saturated rings. The van der Waals surface area contributed by atoms with Crippen LogP contribution in [0.15, 0.2) is 47.1 Å². The Hall–Kier alpha value is -5.28. The fourth-order valence-corrected chi connectivity index (χ4v) is 11.2. The third kappa shape index (κ3) is 8.98. The summed E-state index contributed by atoms with van der Waals surface area (Å²) in [5.74, 6) is 5.53. The zero-order chi connectivity index (χ0) is 46.7. The number of aromatic nitrogens is 4. The quantitative estimate of drug-likeness (QED) is 0.104. The van der Waals surface area contributed by atoms with E-state index in [-0.39, 0.29) is 36.2 Å². The average molecular weight is 918 g/mol. The van der Waals surface area contributed by atoms with Crippen LogP contribution in [0.4, 0.5) is 26.8 Å². The summed E-state index contributed by atoms with van der Waals surface area (Å²) in [5, 5.41) is 6.82. The maximum Gasteiger partial charge on any atom is 0.410 e. The molecule has 15 heteroatoms. The molecular formula is C52H68FN9O5. The summed E-state index contributed by atoms with van der Waals surface area (Å²) < 4.78 is 40.4. The summed E-state index contributed by atoms with van der Waals surface area (Å²) in [6.07, 6.45) is 7.63. The van der Waals surface area contributed by atoms with Crippen molar-refractivity contribution in [1.29, 1.82) is 0 Å². The van der Waals surface area contributed by atoms with Crippen LogP contribution in [0.3, 0.4) is 0 Å². The molecule has 1 amide bonds. The third-order valence-corrected chi connectivity index (χ3v) is 15.3. The molecule has 3 atom stereocenters. The number of carbonyl (C=O) groups excluding carboxylic acids is 1. The molecule has 5 saturated heterocycles. The number of pyridine rings is 1. The number of halogens is 1. The topological polar surface area (TPSA) is 126 Å². The first-order valence-corrected chi connectivity index (χ1v) is 24.8. The Morgan fingerprint density at radius 3 is 2.31 bits per heavy atom. The molecule has 67 heavy (non-hydrogen) atoms. The molecule has 8 heterocycles. The highest BCUT2D eigenvalue weighted by molar-refractivity contribution is 6.02. The van der Waals surface area contributed by atoms with Gasteiger partial charge in [0.1, 0.15) is 34.1 Å². The highest BCUT2D eigenvalue weighted by Crippen LogP contribution is 2.42. The van der Waals surface area contributed by atoms with Crippen LogP contribution >= 0.6 is 0 Å². The molecule has 10 rings (SSSR count). The SMILES string of the molecule is CCc1cccc2cc(OCOC)cc(-c3ncc4c(N5CC6CCC(C5)N6C(=O)OC(C)(C)C)nc(N5CC(N6CCC(CC7CN(c8cc(C(C)C(C)C)on8)C7)CC6)C5)nc4c3F)c12. The Morgan fingerprint density at radius 2 is 1.63 bits per heavy atom. The summed E-state index contributed by atoms with van der Waals surface area (Å²) in [4.78, 5) is 40.0. The van der Waals surface area contributed by atoms with Crippen molar-refractivity contribution in [3.05, 3.63) is 59.7 Å². The van der Waals surface area contributed by atoms with Gasteiger partial charge < -0.3 is 33.4 Å². The van der Waals surface area contributed by atoms with Crippen molar-refractivity contribution in [2.75, 3.05) is 81.0 Å². The molecule has 3 aromatic heterocycles. The van der Waals surface area contributed by atoms with Crippen LogP contribution in [-0.4, -0.2) is 126 Å². The van der Waals surface area contributed by atoms with Crippen molar-refractivity contribution in [2.24, 2.45) is 17.8 Å². The molecular weight excluding hydrogens is 850 g/mol. The van der Waals surface area contributed by atoms with Gasteiger partial charge in [-0.2, -0.15) is 4.98 Å². The Balaban J connectivity index is 0.881. The Morgan fingerprint density at radius 1 is 0.896 bits per heavy atom. The average Bonchev–Trinajstić information content (AvgIpc) is 3.87. The number of aryl methyl sites for hydroxylation is 1. The predicted molar refractivity (Wildman–Crippen MR) is 260 cm³/mol. The molecule has 2 bridgehead atoms. The summed E-state index contributed by atoms with van der Waals surface area (Å²) in [5.41, 5.74) is 1.60. The van der Waals surface area contributed by atoms with Crippen molar-refractivity contribution in [1.82, 2.24) is 29.9 Å². The molecule has 5 aliphatic heterocycles. The minimum absolute atomic E-state index is 0.0486. The summed E-state index contributed by atoms with van der Waals surface area (Å²) in [6.45, 7) is 21.5. The van der Waals surface area contributed by atoms with Crippen molar-refractivity contribution >= 4 is 45.4 Å². The normalized spacial score (nSPS) is 21.4. The molecule has 0 N–H and O–H groups in total. The number of amides is 1. The number of ether oxygens (including phenoxy) is 3. The molecule has 0 aliphatic carbocycles. The van der Waals surface area contributed by atoms with E-state index in [4.69, 9.17) is 33.7 Å². The van der Waals surface area contributed by atoms with E-state index in [9.17, 15) is 4.79 Å². The lowest BCUT2D eigenvalue weighted by molar-refractivity contribution is 0.0123. The van der Waals surface area contributed by atoms with E-state index >= 15 is 4.39 Å². The Kier molecular flexibility index (Phi) is 12.4. The smallest absolute Gasteiger partial charge is 0.410 e. The maximum absolute atomic E-state index is 17.7. The number of piperazine rings is 1. The lowest BCUT2D eigenvalue weighted by atomic mass is 9.83. The van der Waals surface area contributed by atoms with Crippen molar-refractivity contribution in [3.63, 3.8) is 0 Å². The minimum Gasteiger partial charge on any atom is -0.468 e. The van der Waals surface area contributed by atoms with Gasteiger partial charge in [0.25, 0.3) is 0 Å². The van der Waals surface area contributed by atoms with Gasteiger partial charge in [0.2, 0.25) is 5.95 Å². The fourth-order valence-electron chi connectivity index (χ4n) is 11.2. The van der Waals surface area contributed by atoms with Gasteiger partial charge in [-0.1, -0.05) is 51.1 Å². The first-order chi connectivity index (χ1) is 32.2. The fraction of sp³-hybridized carbons (Fsp3) is 0.596. The van der Waals surface area contributed by atoms with Gasteiger partial charge >= 0.3 is 6.09 Å². The van der Waals surface area contributed by atoms with E-state index in [1.54, 1.807) is 13.3 Å². The largest absolute Gasteiger partial charge is 0.468 e. The van der Waals surface area contributed by atoms with Crippen LogP contribution in [0.2, 0.25) is 0 Å². The van der Waals surface area contributed by atoms with Crippen LogP contribution < -0.4 is 19.4 Å². The zero-order valence-electron chi connectivity index (χ0n) is 40.6. The van der Waals surface area contributed by atoms with E-state index in [1.807, 2.05) is 49.9 Å². The number of methoxy groups -OCH3 is 1. The monoisotopic (exact) mass is 918 g/mol. The second-order valence-electron chi connectivity index (χ2n) is 21.3. The van der Waals surface area contributed by atoms with Crippen LogP contribution in [-0.2, 0) is 15.9 Å². The highest BCUT2D eigenvalue weighted by Gasteiger charge is 2.46. The highest BCUT2D eigenvalue weighted by atomic mass is 19.1. The van der Waals surface area contributed by atoms with Gasteiger partial charge in [-0.15, -0.1) is 0 Å². The number of hydrogen-bond donors (Lipinski definition) is 0. The molecule has 3 unspecified atom stereocenters. The number of benzene rings is 2. The first kappa shape index (κ1) is 45.5. The zero-order valence-corrected chi connectivity index (χ0v) is 40.6. The van der Waals surface area contributed by atoms with Crippen LogP contribution in [0.1, 0.15) is 97.8 Å². The van der Waals surface area contributed by atoms with Gasteiger partial charge in [-0.05, 0) is 119 Å². The summed E-state index contributed by atoms with van der Waals surface area (Å²) >= 11 is 0. The number of likely N-dealkylation sites (tertiary alicyclic amines) is 1. The van der Waals surface area contributed by atoms with E-state index in [2.05, 4.69) is 64.6 Å². The summed E-state index contributed by atoms with van der Waals surface area (Å²) in [7, 11) is 1.58. The van der Waals surface area contributed by atoms with E-state index in [0.717, 1.165) is 92.4 Å². The molecule has 0 spiro atoms. The molecule has 5 aromatic rings. The van der Waals surface area contributed by atoms with E-state index in [0.29, 0.717) is 65.4 Å². The van der Waals surface area contributed by atoms with Crippen molar-refractivity contribution in [3.8, 4) is 17.0 Å². The van der Waals surface area contributed by atoms with Crippen LogP contribution in [0.25, 0.3) is 32.9 Å². The second kappa shape index (κ2) is 18.3. The molecule has 0 saturated carbocycles. The van der Waals surface area contributed by atoms with Crippen molar-refractivity contribution < 1.29 is 27.9 Å². The molecule has 5 aliphatic rings. The van der Waals surface area contributed by atoms with Gasteiger partial charge in [-0.25, -0.2) is 14.2 Å². The van der Waals surface area contributed by atoms with Gasteiger partial charge in [-0.3, -0.25) is 14.8 Å². The minimum atomic E-state index is -0.592. The van der Waals surface area contributed by atoms with Gasteiger partial charge in [0.05, 0.1) is 17.5 Å². The molecule has 2 aromatic carbocycles. The van der Waals surface area contributed by atoms with E-state index in [1.165, 1.54) is 19.3 Å². The number of piperidine rings is 1.